The number of nitrogens with zero attached hydrogens (tertiary/aromatic N) is 2. The van der Waals surface area contributed by atoms with Gasteiger partial charge in [-0.2, -0.15) is 4.98 Å². The van der Waals surface area contributed by atoms with Crippen LogP contribution in [0.5, 0.6) is 11.6 Å². The van der Waals surface area contributed by atoms with Crippen molar-refractivity contribution in [2.45, 2.75) is 5.88 Å². The summed E-state index contributed by atoms with van der Waals surface area (Å²) in [5.74, 6) is 1.50. The van der Waals surface area contributed by atoms with Crippen molar-refractivity contribution in [2.75, 3.05) is 0 Å². The number of benzene rings is 1. The zero-order valence-electron chi connectivity index (χ0n) is 9.44. The Labute approximate surface area is 131 Å². The number of hydrogen-bond donors (Lipinski definition) is 0. The predicted octanol–water partition coefficient (Wildman–Crippen LogP) is 5.34. The van der Waals surface area contributed by atoms with E-state index in [1.807, 2.05) is 16.0 Å². The number of hydrogen-bond acceptors (Lipinski definition) is 3. The molecule has 0 saturated heterocycles. The highest BCUT2D eigenvalue weighted by Gasteiger charge is 2.15. The van der Waals surface area contributed by atoms with Crippen molar-refractivity contribution in [3.8, 4) is 11.6 Å². The molecular formula is C12H7BrCl2N2OS. The highest BCUT2D eigenvalue weighted by molar-refractivity contribution is 9.10. The summed E-state index contributed by atoms with van der Waals surface area (Å²) in [6, 6.07) is 5.33. The molecule has 0 radical (unpaired) electrons. The molecule has 2 aromatic heterocycles. The van der Waals surface area contributed by atoms with Gasteiger partial charge in [-0.05, 0) is 34.1 Å². The summed E-state index contributed by atoms with van der Waals surface area (Å²) in [6.45, 7) is 0. The minimum atomic E-state index is 0.332. The fourth-order valence-electron chi connectivity index (χ4n) is 1.68. The Morgan fingerprint density at radius 3 is 3.00 bits per heavy atom. The molecule has 0 atom stereocenters. The number of fused-ring (bicyclic) bond motifs is 1. The van der Waals surface area contributed by atoms with Gasteiger partial charge in [0.05, 0.1) is 10.4 Å². The van der Waals surface area contributed by atoms with Crippen LogP contribution < -0.4 is 4.74 Å². The van der Waals surface area contributed by atoms with Gasteiger partial charge in [0.25, 0.3) is 0 Å². The number of imidazole rings is 1. The maximum absolute atomic E-state index is 5.97. The lowest BCUT2D eigenvalue weighted by Gasteiger charge is -2.06. The van der Waals surface area contributed by atoms with Crippen molar-refractivity contribution >= 4 is 55.4 Å². The van der Waals surface area contributed by atoms with E-state index in [1.165, 1.54) is 11.3 Å². The smallest absolute Gasteiger partial charge is 0.243 e. The second-order valence-corrected chi connectivity index (χ2v) is 6.16. The van der Waals surface area contributed by atoms with Crippen LogP contribution in [0.3, 0.4) is 0 Å². The number of rotatable bonds is 3. The minimum absolute atomic E-state index is 0.332. The summed E-state index contributed by atoms with van der Waals surface area (Å²) < 4.78 is 8.52. The molecule has 0 amide bonds. The monoisotopic (exact) mass is 376 g/mol. The molecule has 0 aliphatic rings. The van der Waals surface area contributed by atoms with Crippen LogP contribution in [-0.4, -0.2) is 9.38 Å². The molecule has 2 heterocycles. The van der Waals surface area contributed by atoms with Gasteiger partial charge in [-0.25, -0.2) is 0 Å². The van der Waals surface area contributed by atoms with Crippen LogP contribution in [0.4, 0.5) is 0 Å². The average molecular weight is 378 g/mol. The van der Waals surface area contributed by atoms with E-state index in [2.05, 4.69) is 20.9 Å². The van der Waals surface area contributed by atoms with Gasteiger partial charge in [-0.1, -0.05) is 11.6 Å². The SMILES string of the molecule is ClCc1c(Oc2ccc(Cl)cc2Br)nc2sccn12. The molecule has 0 unspecified atom stereocenters. The second kappa shape index (κ2) is 5.32. The van der Waals surface area contributed by atoms with Gasteiger partial charge in [-0.15, -0.1) is 22.9 Å². The Morgan fingerprint density at radius 1 is 1.42 bits per heavy atom. The van der Waals surface area contributed by atoms with Crippen LogP contribution >= 0.6 is 50.5 Å². The molecule has 3 aromatic rings. The summed E-state index contributed by atoms with van der Waals surface area (Å²) in [4.78, 5) is 5.28. The Hall–Kier alpha value is -0.750. The summed E-state index contributed by atoms with van der Waals surface area (Å²) in [5.41, 5.74) is 0.833. The molecule has 0 fully saturated rings. The van der Waals surface area contributed by atoms with Gasteiger partial charge in [-0.3, -0.25) is 4.40 Å². The molecule has 3 nitrogen and oxygen atoms in total. The molecular weight excluding hydrogens is 371 g/mol. The molecule has 1 aromatic carbocycles. The molecule has 0 saturated carbocycles. The number of alkyl halides is 1. The van der Waals surface area contributed by atoms with Crippen LogP contribution in [-0.2, 0) is 5.88 Å². The first-order valence-corrected chi connectivity index (χ1v) is 7.91. The fraction of sp³-hybridized carbons (Fsp3) is 0.0833. The van der Waals surface area contributed by atoms with Crippen LogP contribution in [0.15, 0.2) is 34.2 Å². The van der Waals surface area contributed by atoms with Gasteiger partial charge in [0, 0.05) is 16.6 Å². The van der Waals surface area contributed by atoms with E-state index in [0.29, 0.717) is 22.5 Å². The van der Waals surface area contributed by atoms with E-state index < -0.39 is 0 Å². The first kappa shape index (κ1) is 13.2. The third-order valence-corrected chi connectivity index (χ3v) is 4.42. The Morgan fingerprint density at radius 2 is 2.26 bits per heavy atom. The first-order chi connectivity index (χ1) is 9.19. The van der Waals surface area contributed by atoms with Crippen molar-refractivity contribution < 1.29 is 4.74 Å². The molecule has 0 N–H and O–H groups in total. The van der Waals surface area contributed by atoms with Crippen molar-refractivity contribution in [3.63, 3.8) is 0 Å². The summed E-state index contributed by atoms with van der Waals surface area (Å²) in [7, 11) is 0. The highest BCUT2D eigenvalue weighted by atomic mass is 79.9. The molecule has 0 bridgehead atoms. The maximum atomic E-state index is 5.97. The van der Waals surface area contributed by atoms with E-state index in [9.17, 15) is 0 Å². The summed E-state index contributed by atoms with van der Waals surface area (Å²) in [6.07, 6.45) is 1.93. The zero-order chi connectivity index (χ0) is 13.4. The third-order valence-electron chi connectivity index (χ3n) is 2.55. The minimum Gasteiger partial charge on any atom is -0.436 e. The average Bonchev–Trinajstić information content (AvgIpc) is 2.92. The number of thiazole rings is 1. The maximum Gasteiger partial charge on any atom is 0.243 e. The topological polar surface area (TPSA) is 26.5 Å². The predicted molar refractivity (Wildman–Crippen MR) is 81.9 cm³/mol. The van der Waals surface area contributed by atoms with E-state index in [1.54, 1.807) is 18.2 Å². The number of aromatic nitrogens is 2. The highest BCUT2D eigenvalue weighted by Crippen LogP contribution is 2.34. The van der Waals surface area contributed by atoms with Gasteiger partial charge in [0.1, 0.15) is 11.4 Å². The van der Waals surface area contributed by atoms with Crippen molar-refractivity contribution in [1.29, 1.82) is 0 Å². The van der Waals surface area contributed by atoms with E-state index >= 15 is 0 Å². The third kappa shape index (κ3) is 2.48. The lowest BCUT2D eigenvalue weighted by molar-refractivity contribution is 0.459. The van der Waals surface area contributed by atoms with Crippen molar-refractivity contribution in [1.82, 2.24) is 9.38 Å². The Kier molecular flexibility index (Phi) is 3.71. The van der Waals surface area contributed by atoms with Crippen molar-refractivity contribution in [2.24, 2.45) is 0 Å². The van der Waals surface area contributed by atoms with Crippen LogP contribution in [0, 0.1) is 0 Å². The van der Waals surface area contributed by atoms with Gasteiger partial charge in [0.15, 0.2) is 4.96 Å². The molecule has 7 heteroatoms. The van der Waals surface area contributed by atoms with Crippen LogP contribution in [0.1, 0.15) is 5.69 Å². The van der Waals surface area contributed by atoms with Crippen LogP contribution in [0.25, 0.3) is 4.96 Å². The molecule has 0 aliphatic heterocycles. The fourth-order valence-corrected chi connectivity index (χ4v) is 3.41. The molecule has 0 aliphatic carbocycles. The van der Waals surface area contributed by atoms with Crippen molar-refractivity contribution in [3.05, 3.63) is 45.0 Å². The normalized spacial score (nSPS) is 11.1. The van der Waals surface area contributed by atoms with Gasteiger partial charge in [0.2, 0.25) is 5.88 Å². The van der Waals surface area contributed by atoms with Gasteiger partial charge >= 0.3 is 0 Å². The quantitative estimate of drug-likeness (QED) is 0.575. The number of ether oxygens (including phenoxy) is 1. The lowest BCUT2D eigenvalue weighted by Crippen LogP contribution is -1.91. The largest absolute Gasteiger partial charge is 0.436 e. The molecule has 19 heavy (non-hydrogen) atoms. The number of halogens is 3. The van der Waals surface area contributed by atoms with Gasteiger partial charge < -0.3 is 4.74 Å². The summed E-state index contributed by atoms with van der Waals surface area (Å²) in [5, 5.41) is 2.60. The Bertz CT molecular complexity index is 740. The Balaban J connectivity index is 2.02. The van der Waals surface area contributed by atoms with Crippen LogP contribution in [0.2, 0.25) is 5.02 Å². The second-order valence-electron chi connectivity index (χ2n) is 3.73. The summed E-state index contributed by atoms with van der Waals surface area (Å²) >= 11 is 16.8. The molecule has 98 valence electrons. The zero-order valence-corrected chi connectivity index (χ0v) is 13.4. The first-order valence-electron chi connectivity index (χ1n) is 5.32. The lowest BCUT2D eigenvalue weighted by atomic mass is 10.3. The van der Waals surface area contributed by atoms with E-state index in [-0.39, 0.29) is 0 Å². The standard InChI is InChI=1S/C12H7BrCl2N2OS/c13-8-5-7(15)1-2-10(8)18-11-9(6-14)17-3-4-19-12(17)16-11/h1-5H,6H2. The van der Waals surface area contributed by atoms with E-state index in [4.69, 9.17) is 27.9 Å². The van der Waals surface area contributed by atoms with E-state index in [0.717, 1.165) is 15.1 Å². The molecule has 3 rings (SSSR count). The molecule has 0 spiro atoms.